The standard InChI is InChI=1S/C18H18FNO4/c1-10-21-17(22-10)15-8-13(7-12-3-5-14(19)6-4-12)9-20-16(15)18-23-11(2)24-18/h3-6,8-11,17-18H,7H2,1-2H3. The predicted molar refractivity (Wildman–Crippen MR) is 82.2 cm³/mol. The van der Waals surface area contributed by atoms with E-state index in [2.05, 4.69) is 4.98 Å². The summed E-state index contributed by atoms with van der Waals surface area (Å²) < 4.78 is 35.3. The number of hydrogen-bond acceptors (Lipinski definition) is 5. The summed E-state index contributed by atoms with van der Waals surface area (Å²) in [6, 6.07) is 8.42. The van der Waals surface area contributed by atoms with Gasteiger partial charge in [0.2, 0.25) is 6.29 Å². The summed E-state index contributed by atoms with van der Waals surface area (Å²) in [7, 11) is 0. The molecule has 3 heterocycles. The second-order valence-corrected chi connectivity index (χ2v) is 5.96. The SMILES string of the molecule is CC1OC(c2cc(Cc3ccc(F)cc3)cnc2C2OC(C)O2)O1. The summed E-state index contributed by atoms with van der Waals surface area (Å²) in [6.45, 7) is 3.67. The molecule has 0 bridgehead atoms. The second kappa shape index (κ2) is 6.22. The highest BCUT2D eigenvalue weighted by atomic mass is 19.1. The average Bonchev–Trinajstić information content (AvgIpc) is 2.51. The van der Waals surface area contributed by atoms with Gasteiger partial charge in [-0.1, -0.05) is 12.1 Å². The fourth-order valence-corrected chi connectivity index (χ4v) is 2.85. The number of ether oxygens (including phenoxy) is 4. The van der Waals surface area contributed by atoms with Crippen LogP contribution in [-0.2, 0) is 25.4 Å². The predicted octanol–water partition coefficient (Wildman–Crippen LogP) is 3.59. The summed E-state index contributed by atoms with van der Waals surface area (Å²) in [5, 5.41) is 0. The van der Waals surface area contributed by atoms with Crippen LogP contribution in [0.25, 0.3) is 0 Å². The van der Waals surface area contributed by atoms with Crippen molar-refractivity contribution in [1.29, 1.82) is 0 Å². The monoisotopic (exact) mass is 331 g/mol. The van der Waals surface area contributed by atoms with E-state index in [1.54, 1.807) is 18.3 Å². The molecule has 0 unspecified atom stereocenters. The Morgan fingerprint density at radius 1 is 0.917 bits per heavy atom. The van der Waals surface area contributed by atoms with Crippen LogP contribution in [0.15, 0.2) is 36.5 Å². The van der Waals surface area contributed by atoms with E-state index in [9.17, 15) is 4.39 Å². The molecule has 2 aliphatic rings. The van der Waals surface area contributed by atoms with Gasteiger partial charge in [0.1, 0.15) is 11.5 Å². The first kappa shape index (κ1) is 15.7. The van der Waals surface area contributed by atoms with Crippen LogP contribution in [0.3, 0.4) is 0 Å². The molecule has 0 atom stereocenters. The molecular weight excluding hydrogens is 313 g/mol. The van der Waals surface area contributed by atoms with Crippen molar-refractivity contribution in [2.45, 2.75) is 45.4 Å². The van der Waals surface area contributed by atoms with Crippen molar-refractivity contribution in [3.05, 3.63) is 64.7 Å². The van der Waals surface area contributed by atoms with Crippen molar-refractivity contribution in [3.8, 4) is 0 Å². The number of aromatic nitrogens is 1. The zero-order chi connectivity index (χ0) is 16.7. The average molecular weight is 331 g/mol. The number of rotatable bonds is 4. The summed E-state index contributed by atoms with van der Waals surface area (Å²) in [4.78, 5) is 4.49. The fourth-order valence-electron chi connectivity index (χ4n) is 2.85. The Balaban J connectivity index is 1.59. The molecule has 0 amide bonds. The quantitative estimate of drug-likeness (QED) is 0.857. The highest BCUT2D eigenvalue weighted by Gasteiger charge is 2.37. The first-order valence-corrected chi connectivity index (χ1v) is 7.93. The van der Waals surface area contributed by atoms with E-state index in [0.29, 0.717) is 12.1 Å². The Morgan fingerprint density at radius 3 is 2.17 bits per heavy atom. The molecule has 2 aromatic rings. The third-order valence-electron chi connectivity index (χ3n) is 4.07. The van der Waals surface area contributed by atoms with Gasteiger partial charge in [0.15, 0.2) is 18.9 Å². The smallest absolute Gasteiger partial charge is 0.206 e. The largest absolute Gasteiger partial charge is 0.319 e. The van der Waals surface area contributed by atoms with Crippen molar-refractivity contribution < 1.29 is 23.3 Å². The molecule has 0 saturated carbocycles. The lowest BCUT2D eigenvalue weighted by atomic mass is 10.0. The topological polar surface area (TPSA) is 49.8 Å². The maximum atomic E-state index is 13.0. The minimum atomic E-state index is -0.488. The van der Waals surface area contributed by atoms with Gasteiger partial charge in [-0.25, -0.2) is 4.39 Å². The molecule has 126 valence electrons. The van der Waals surface area contributed by atoms with Crippen LogP contribution in [0.1, 0.15) is 48.8 Å². The minimum Gasteiger partial charge on any atom is -0.319 e. The number of halogens is 1. The van der Waals surface area contributed by atoms with Crippen LogP contribution in [-0.4, -0.2) is 17.6 Å². The van der Waals surface area contributed by atoms with E-state index in [1.807, 2.05) is 19.9 Å². The van der Waals surface area contributed by atoms with Crippen LogP contribution < -0.4 is 0 Å². The van der Waals surface area contributed by atoms with E-state index in [0.717, 1.165) is 16.7 Å². The number of benzene rings is 1. The molecule has 2 aliphatic heterocycles. The molecule has 1 aromatic carbocycles. The lowest BCUT2D eigenvalue weighted by Crippen LogP contribution is -2.36. The van der Waals surface area contributed by atoms with Crippen LogP contribution in [0.5, 0.6) is 0 Å². The molecule has 1 aromatic heterocycles. The normalized spacial score (nSPS) is 29.0. The number of hydrogen-bond donors (Lipinski definition) is 0. The summed E-state index contributed by atoms with van der Waals surface area (Å²) in [6.07, 6.45) is 1.01. The van der Waals surface area contributed by atoms with E-state index in [4.69, 9.17) is 18.9 Å². The molecule has 5 nitrogen and oxygen atoms in total. The zero-order valence-corrected chi connectivity index (χ0v) is 13.4. The lowest BCUT2D eigenvalue weighted by Gasteiger charge is -2.38. The first-order valence-electron chi connectivity index (χ1n) is 7.93. The maximum Gasteiger partial charge on any atom is 0.206 e. The molecule has 0 radical (unpaired) electrons. The Hall–Kier alpha value is -1.86. The van der Waals surface area contributed by atoms with Crippen LogP contribution in [0.4, 0.5) is 4.39 Å². The van der Waals surface area contributed by atoms with Crippen molar-refractivity contribution >= 4 is 0 Å². The molecule has 2 saturated heterocycles. The minimum absolute atomic E-state index is 0.231. The highest BCUT2D eigenvalue weighted by Crippen LogP contribution is 2.39. The summed E-state index contributed by atoms with van der Waals surface area (Å²) in [5.41, 5.74) is 3.47. The number of nitrogens with zero attached hydrogens (tertiary/aromatic N) is 1. The summed E-state index contributed by atoms with van der Waals surface area (Å²) in [5.74, 6) is -0.244. The molecule has 0 spiro atoms. The van der Waals surface area contributed by atoms with E-state index in [1.165, 1.54) is 12.1 Å². The van der Waals surface area contributed by atoms with Gasteiger partial charge in [0.25, 0.3) is 0 Å². The molecule has 0 aliphatic carbocycles. The van der Waals surface area contributed by atoms with Gasteiger partial charge in [0, 0.05) is 11.8 Å². The van der Waals surface area contributed by atoms with Gasteiger partial charge in [-0.3, -0.25) is 4.98 Å². The molecule has 4 rings (SSSR count). The van der Waals surface area contributed by atoms with Crippen molar-refractivity contribution in [2.75, 3.05) is 0 Å². The van der Waals surface area contributed by atoms with Gasteiger partial charge in [-0.05, 0) is 49.6 Å². The third kappa shape index (κ3) is 3.06. The highest BCUT2D eigenvalue weighted by molar-refractivity contribution is 5.32. The Bertz CT molecular complexity index is 724. The second-order valence-electron chi connectivity index (χ2n) is 5.96. The Kier molecular flexibility index (Phi) is 4.05. The molecule has 2 fully saturated rings. The van der Waals surface area contributed by atoms with E-state index >= 15 is 0 Å². The molecular formula is C18H18FNO4. The fraction of sp³-hybridized carbons (Fsp3) is 0.389. The molecule has 6 heteroatoms. The summed E-state index contributed by atoms with van der Waals surface area (Å²) >= 11 is 0. The van der Waals surface area contributed by atoms with E-state index in [-0.39, 0.29) is 18.4 Å². The molecule has 0 N–H and O–H groups in total. The molecule has 24 heavy (non-hydrogen) atoms. The van der Waals surface area contributed by atoms with E-state index < -0.39 is 12.6 Å². The maximum absolute atomic E-state index is 13.0. The lowest BCUT2D eigenvalue weighted by molar-refractivity contribution is -0.394. The third-order valence-corrected chi connectivity index (χ3v) is 4.07. The van der Waals surface area contributed by atoms with Gasteiger partial charge < -0.3 is 18.9 Å². The van der Waals surface area contributed by atoms with Crippen LogP contribution in [0, 0.1) is 5.82 Å². The van der Waals surface area contributed by atoms with Crippen molar-refractivity contribution in [1.82, 2.24) is 4.98 Å². The van der Waals surface area contributed by atoms with Crippen molar-refractivity contribution in [3.63, 3.8) is 0 Å². The Morgan fingerprint density at radius 2 is 1.54 bits per heavy atom. The van der Waals surface area contributed by atoms with Crippen molar-refractivity contribution in [2.24, 2.45) is 0 Å². The van der Waals surface area contributed by atoms with Gasteiger partial charge in [-0.2, -0.15) is 0 Å². The zero-order valence-electron chi connectivity index (χ0n) is 13.4. The van der Waals surface area contributed by atoms with Crippen LogP contribution in [0.2, 0.25) is 0 Å². The number of pyridine rings is 1. The van der Waals surface area contributed by atoms with Crippen LogP contribution >= 0.6 is 0 Å². The van der Waals surface area contributed by atoms with Gasteiger partial charge in [0.05, 0.1) is 0 Å². The van der Waals surface area contributed by atoms with Gasteiger partial charge >= 0.3 is 0 Å². The Labute approximate surface area is 139 Å². The first-order chi connectivity index (χ1) is 11.6. The van der Waals surface area contributed by atoms with Gasteiger partial charge in [-0.15, -0.1) is 0 Å².